The number of carbonyl (C=O) groups is 1. The van der Waals surface area contributed by atoms with Crippen LogP contribution in [0.15, 0.2) is 18.2 Å². The number of hydrogen-bond acceptors (Lipinski definition) is 4. The number of methoxy groups -OCH3 is 2. The Morgan fingerprint density at radius 2 is 1.88 bits per heavy atom. The maximum Gasteiger partial charge on any atom is 0.191 e. The van der Waals surface area contributed by atoms with Crippen molar-refractivity contribution in [1.82, 2.24) is 0 Å². The van der Waals surface area contributed by atoms with Crippen LogP contribution in [0.5, 0.6) is 11.5 Å². The number of carbonyl (C=O) groups excluding carboxylic acids is 1. The van der Waals surface area contributed by atoms with Gasteiger partial charge in [-0.1, -0.05) is 0 Å². The van der Waals surface area contributed by atoms with Crippen molar-refractivity contribution in [2.45, 2.75) is 18.9 Å². The van der Waals surface area contributed by atoms with Gasteiger partial charge in [0.2, 0.25) is 0 Å². The van der Waals surface area contributed by atoms with Crippen LogP contribution in [0.3, 0.4) is 0 Å². The lowest BCUT2D eigenvalue weighted by atomic mass is 10.0. The molecule has 1 aromatic rings. The van der Waals surface area contributed by atoms with E-state index >= 15 is 0 Å². The van der Waals surface area contributed by atoms with Crippen LogP contribution < -0.4 is 9.47 Å². The Labute approximate surface area is 100 Å². The molecule has 0 aliphatic carbocycles. The average molecular weight is 236 g/mol. The SMILES string of the molecule is COc1cc(OC)cc(C(=O)C2CCCO2)c1. The molecule has 0 saturated carbocycles. The quantitative estimate of drug-likeness (QED) is 0.751. The zero-order chi connectivity index (χ0) is 12.3. The lowest BCUT2D eigenvalue weighted by molar-refractivity contribution is 0.0642. The second-order valence-electron chi connectivity index (χ2n) is 3.97. The van der Waals surface area contributed by atoms with E-state index in [-0.39, 0.29) is 11.9 Å². The number of rotatable bonds is 4. The molecule has 1 atom stereocenters. The standard InChI is InChI=1S/C13H16O4/c1-15-10-6-9(7-11(8-10)16-2)13(14)12-4-3-5-17-12/h6-8,12H,3-5H2,1-2H3. The van der Waals surface area contributed by atoms with Crippen molar-refractivity contribution >= 4 is 5.78 Å². The Bertz CT molecular complexity index is 386. The van der Waals surface area contributed by atoms with Gasteiger partial charge in [-0.05, 0) is 25.0 Å². The third-order valence-corrected chi connectivity index (χ3v) is 2.86. The molecule has 1 heterocycles. The summed E-state index contributed by atoms with van der Waals surface area (Å²) in [5.41, 5.74) is 0.577. The summed E-state index contributed by atoms with van der Waals surface area (Å²) in [6.07, 6.45) is 1.42. The van der Waals surface area contributed by atoms with Crippen LogP contribution in [-0.2, 0) is 4.74 Å². The minimum absolute atomic E-state index is 0.000278. The predicted molar refractivity (Wildman–Crippen MR) is 62.9 cm³/mol. The Morgan fingerprint density at radius 3 is 2.35 bits per heavy atom. The molecule has 1 unspecified atom stereocenters. The second kappa shape index (κ2) is 5.19. The molecule has 1 aliphatic rings. The van der Waals surface area contributed by atoms with E-state index in [1.54, 1.807) is 32.4 Å². The lowest BCUT2D eigenvalue weighted by Gasteiger charge is -2.11. The fourth-order valence-corrected chi connectivity index (χ4v) is 1.92. The first-order chi connectivity index (χ1) is 8.24. The smallest absolute Gasteiger partial charge is 0.191 e. The molecule has 0 spiro atoms. The molecule has 92 valence electrons. The third kappa shape index (κ3) is 2.58. The zero-order valence-electron chi connectivity index (χ0n) is 10.1. The van der Waals surface area contributed by atoms with Gasteiger partial charge in [0.05, 0.1) is 14.2 Å². The zero-order valence-corrected chi connectivity index (χ0v) is 10.1. The maximum atomic E-state index is 12.1. The summed E-state index contributed by atoms with van der Waals surface area (Å²) in [4.78, 5) is 12.1. The summed E-state index contributed by atoms with van der Waals surface area (Å²) < 4.78 is 15.7. The van der Waals surface area contributed by atoms with Crippen molar-refractivity contribution in [3.8, 4) is 11.5 Å². The molecule has 0 N–H and O–H groups in total. The minimum atomic E-state index is -0.313. The number of ketones is 1. The van der Waals surface area contributed by atoms with E-state index in [0.29, 0.717) is 23.7 Å². The molecule has 1 fully saturated rings. The Morgan fingerprint density at radius 1 is 1.24 bits per heavy atom. The molecule has 4 heteroatoms. The normalized spacial score (nSPS) is 19.1. The summed E-state index contributed by atoms with van der Waals surface area (Å²) in [5.74, 6) is 1.23. The van der Waals surface area contributed by atoms with Gasteiger partial charge in [0, 0.05) is 18.2 Å². The van der Waals surface area contributed by atoms with E-state index in [1.165, 1.54) is 0 Å². The molecule has 17 heavy (non-hydrogen) atoms. The number of Topliss-reactive ketones (excluding diaryl/α,β-unsaturated/α-hetero) is 1. The van der Waals surface area contributed by atoms with Gasteiger partial charge in [0.15, 0.2) is 5.78 Å². The molecule has 1 saturated heterocycles. The van der Waals surface area contributed by atoms with E-state index in [1.807, 2.05) is 0 Å². The molecule has 4 nitrogen and oxygen atoms in total. The molecular weight excluding hydrogens is 220 g/mol. The lowest BCUT2D eigenvalue weighted by Crippen LogP contribution is -2.19. The van der Waals surface area contributed by atoms with Gasteiger partial charge in [0.1, 0.15) is 17.6 Å². The van der Waals surface area contributed by atoms with E-state index in [2.05, 4.69) is 0 Å². The summed E-state index contributed by atoms with van der Waals surface area (Å²) in [6.45, 7) is 0.664. The summed E-state index contributed by atoms with van der Waals surface area (Å²) in [7, 11) is 3.13. The monoisotopic (exact) mass is 236 g/mol. The van der Waals surface area contributed by atoms with Crippen molar-refractivity contribution in [3.05, 3.63) is 23.8 Å². The molecule has 0 bridgehead atoms. The van der Waals surface area contributed by atoms with Gasteiger partial charge in [-0.2, -0.15) is 0 Å². The largest absolute Gasteiger partial charge is 0.497 e. The van der Waals surface area contributed by atoms with E-state index in [4.69, 9.17) is 14.2 Å². The third-order valence-electron chi connectivity index (χ3n) is 2.86. The van der Waals surface area contributed by atoms with Crippen LogP contribution in [0.1, 0.15) is 23.2 Å². The highest BCUT2D eigenvalue weighted by Gasteiger charge is 2.25. The maximum absolute atomic E-state index is 12.1. The first-order valence-corrected chi connectivity index (χ1v) is 5.63. The van der Waals surface area contributed by atoms with E-state index in [0.717, 1.165) is 12.8 Å². The first-order valence-electron chi connectivity index (χ1n) is 5.63. The van der Waals surface area contributed by atoms with Crippen LogP contribution in [0.2, 0.25) is 0 Å². The minimum Gasteiger partial charge on any atom is -0.497 e. The van der Waals surface area contributed by atoms with Crippen molar-refractivity contribution < 1.29 is 19.0 Å². The van der Waals surface area contributed by atoms with Gasteiger partial charge < -0.3 is 14.2 Å². The number of hydrogen-bond donors (Lipinski definition) is 0. The molecule has 0 radical (unpaired) electrons. The molecule has 1 aliphatic heterocycles. The fourth-order valence-electron chi connectivity index (χ4n) is 1.92. The molecule has 0 amide bonds. The summed E-state index contributed by atoms with van der Waals surface area (Å²) >= 11 is 0. The molecule has 1 aromatic carbocycles. The Hall–Kier alpha value is -1.55. The van der Waals surface area contributed by atoms with Gasteiger partial charge >= 0.3 is 0 Å². The van der Waals surface area contributed by atoms with Crippen LogP contribution in [-0.4, -0.2) is 32.7 Å². The Balaban J connectivity index is 2.26. The summed E-state index contributed by atoms with van der Waals surface area (Å²) in [6, 6.07) is 5.17. The first kappa shape index (κ1) is 11.9. The van der Waals surface area contributed by atoms with Gasteiger partial charge in [-0.25, -0.2) is 0 Å². The topological polar surface area (TPSA) is 44.8 Å². The van der Waals surface area contributed by atoms with E-state index < -0.39 is 0 Å². The highest BCUT2D eigenvalue weighted by Crippen LogP contribution is 2.25. The van der Waals surface area contributed by atoms with E-state index in [9.17, 15) is 4.79 Å². The van der Waals surface area contributed by atoms with Crippen LogP contribution in [0, 0.1) is 0 Å². The van der Waals surface area contributed by atoms with Crippen LogP contribution >= 0.6 is 0 Å². The predicted octanol–water partition coefficient (Wildman–Crippen LogP) is 2.07. The molecular formula is C13H16O4. The van der Waals surface area contributed by atoms with Crippen molar-refractivity contribution in [2.75, 3.05) is 20.8 Å². The van der Waals surface area contributed by atoms with Gasteiger partial charge in [0.25, 0.3) is 0 Å². The van der Waals surface area contributed by atoms with Crippen molar-refractivity contribution in [3.63, 3.8) is 0 Å². The van der Waals surface area contributed by atoms with Crippen molar-refractivity contribution in [1.29, 1.82) is 0 Å². The van der Waals surface area contributed by atoms with Crippen LogP contribution in [0.25, 0.3) is 0 Å². The highest BCUT2D eigenvalue weighted by molar-refractivity contribution is 6.00. The van der Waals surface area contributed by atoms with Crippen LogP contribution in [0.4, 0.5) is 0 Å². The molecule has 0 aromatic heterocycles. The fraction of sp³-hybridized carbons (Fsp3) is 0.462. The average Bonchev–Trinajstić information content (AvgIpc) is 2.91. The van der Waals surface area contributed by atoms with Gasteiger partial charge in [-0.3, -0.25) is 4.79 Å². The number of ether oxygens (including phenoxy) is 3. The highest BCUT2D eigenvalue weighted by atomic mass is 16.5. The molecule has 2 rings (SSSR count). The van der Waals surface area contributed by atoms with Gasteiger partial charge in [-0.15, -0.1) is 0 Å². The van der Waals surface area contributed by atoms with Crippen molar-refractivity contribution in [2.24, 2.45) is 0 Å². The number of benzene rings is 1. The Kier molecular flexibility index (Phi) is 3.64. The summed E-state index contributed by atoms with van der Waals surface area (Å²) in [5, 5.41) is 0. The second-order valence-corrected chi connectivity index (χ2v) is 3.97.